The molecule has 7 heteroatoms. The zero-order chi connectivity index (χ0) is 18.4. The van der Waals surface area contributed by atoms with Crippen LogP contribution in [0.2, 0.25) is 0 Å². The highest BCUT2D eigenvalue weighted by atomic mass is 16.2. The molecule has 0 saturated carbocycles. The summed E-state index contributed by atoms with van der Waals surface area (Å²) in [6, 6.07) is 5.43. The highest BCUT2D eigenvalue weighted by Crippen LogP contribution is 2.22. The lowest BCUT2D eigenvalue weighted by Crippen LogP contribution is -2.39. The van der Waals surface area contributed by atoms with Crippen molar-refractivity contribution in [2.45, 2.75) is 26.3 Å². The average molecular weight is 347 g/mol. The minimum Gasteiger partial charge on any atom is -0.399 e. The van der Waals surface area contributed by atoms with Gasteiger partial charge in [-0.2, -0.15) is 0 Å². The molecule has 25 heavy (non-hydrogen) atoms. The van der Waals surface area contributed by atoms with Gasteiger partial charge in [0, 0.05) is 42.6 Å². The number of carbonyl (C=O) groups is 2. The number of carbonyl (C=O) groups excluding carboxylic acids is 2. The number of rotatable bonds is 5. The van der Waals surface area contributed by atoms with Gasteiger partial charge in [0.25, 0.3) is 5.91 Å². The summed E-state index contributed by atoms with van der Waals surface area (Å²) in [4.78, 5) is 28.6. The van der Waals surface area contributed by atoms with Gasteiger partial charge in [0.15, 0.2) is 0 Å². The number of nitrogens with zero attached hydrogens (tertiary/aromatic N) is 2. The highest BCUT2D eigenvalue weighted by Gasteiger charge is 2.16. The van der Waals surface area contributed by atoms with Crippen molar-refractivity contribution in [2.75, 3.05) is 50.4 Å². The summed E-state index contributed by atoms with van der Waals surface area (Å²) in [5.74, 6) is -0.498. The van der Waals surface area contributed by atoms with Crippen LogP contribution in [0, 0.1) is 0 Å². The van der Waals surface area contributed by atoms with Crippen LogP contribution < -0.4 is 21.3 Å². The molecule has 1 heterocycles. The molecule has 2 amide bonds. The Labute approximate surface area is 149 Å². The molecule has 0 spiro atoms. The van der Waals surface area contributed by atoms with Gasteiger partial charge in [0.05, 0.1) is 6.54 Å². The lowest BCUT2D eigenvalue weighted by molar-refractivity contribution is -0.120. The van der Waals surface area contributed by atoms with E-state index in [9.17, 15) is 9.59 Å². The van der Waals surface area contributed by atoms with E-state index in [0.29, 0.717) is 11.3 Å². The van der Waals surface area contributed by atoms with Crippen LogP contribution in [-0.2, 0) is 4.79 Å². The van der Waals surface area contributed by atoms with Gasteiger partial charge in [-0.05, 0) is 52.1 Å². The van der Waals surface area contributed by atoms with Crippen molar-refractivity contribution in [1.82, 2.24) is 15.5 Å². The summed E-state index contributed by atoms with van der Waals surface area (Å²) in [6.07, 6.45) is 1.07. The first-order chi connectivity index (χ1) is 11.8. The van der Waals surface area contributed by atoms with E-state index in [1.54, 1.807) is 6.07 Å². The molecule has 4 N–H and O–H groups in total. The topological polar surface area (TPSA) is 90.7 Å². The fourth-order valence-electron chi connectivity index (χ4n) is 2.89. The zero-order valence-electron chi connectivity index (χ0n) is 15.3. The number of nitrogens with one attached hydrogen (secondary N) is 2. The predicted octanol–water partition coefficient (Wildman–Crippen LogP) is 0.665. The quantitative estimate of drug-likeness (QED) is 0.681. The van der Waals surface area contributed by atoms with Crippen molar-refractivity contribution < 1.29 is 9.59 Å². The summed E-state index contributed by atoms with van der Waals surface area (Å²) in [5.41, 5.74) is 7.97. The van der Waals surface area contributed by atoms with E-state index in [0.717, 1.165) is 38.3 Å². The Morgan fingerprint density at radius 3 is 2.64 bits per heavy atom. The van der Waals surface area contributed by atoms with Crippen LogP contribution in [0.4, 0.5) is 11.4 Å². The Morgan fingerprint density at radius 2 is 1.92 bits per heavy atom. The molecule has 2 rings (SSSR count). The molecule has 0 unspecified atom stereocenters. The number of anilines is 2. The number of benzene rings is 1. The molecule has 0 aliphatic carbocycles. The second-order valence-corrected chi connectivity index (χ2v) is 6.86. The molecule has 138 valence electrons. The number of nitrogens with two attached hydrogens (primary N) is 1. The smallest absolute Gasteiger partial charge is 0.251 e. The fraction of sp³-hybridized carbons (Fsp3) is 0.556. The van der Waals surface area contributed by atoms with Gasteiger partial charge in [-0.25, -0.2) is 0 Å². The van der Waals surface area contributed by atoms with Crippen LogP contribution in [-0.4, -0.2) is 62.5 Å². The van der Waals surface area contributed by atoms with Gasteiger partial charge in [-0.1, -0.05) is 0 Å². The van der Waals surface area contributed by atoms with E-state index in [4.69, 9.17) is 5.73 Å². The molecular weight excluding hydrogens is 318 g/mol. The Bertz CT molecular complexity index is 617. The van der Waals surface area contributed by atoms with E-state index < -0.39 is 0 Å². The van der Waals surface area contributed by atoms with Gasteiger partial charge in [0.2, 0.25) is 5.91 Å². The van der Waals surface area contributed by atoms with E-state index in [2.05, 4.69) is 27.5 Å². The number of hydrogen-bond donors (Lipinski definition) is 3. The second-order valence-electron chi connectivity index (χ2n) is 6.86. The second kappa shape index (κ2) is 8.71. The van der Waals surface area contributed by atoms with E-state index in [1.165, 1.54) is 0 Å². The maximum absolute atomic E-state index is 12.4. The SMILES string of the molecule is CC(C)NC(=O)CNC(=O)c1cc(N)cc(N2CCCN(C)CC2)c1. The van der Waals surface area contributed by atoms with Crippen LogP contribution in [0.5, 0.6) is 0 Å². The van der Waals surface area contributed by atoms with Crippen molar-refractivity contribution >= 4 is 23.2 Å². The first kappa shape index (κ1) is 19.1. The summed E-state index contributed by atoms with van der Waals surface area (Å²) in [7, 11) is 2.12. The molecule has 1 aliphatic heterocycles. The van der Waals surface area contributed by atoms with Crippen LogP contribution >= 0.6 is 0 Å². The van der Waals surface area contributed by atoms with Gasteiger partial charge >= 0.3 is 0 Å². The summed E-state index contributed by atoms with van der Waals surface area (Å²) in [5, 5.41) is 5.39. The van der Waals surface area contributed by atoms with Gasteiger partial charge in [-0.3, -0.25) is 9.59 Å². The molecule has 0 radical (unpaired) electrons. The minimum atomic E-state index is -0.292. The molecule has 1 saturated heterocycles. The molecule has 0 bridgehead atoms. The number of nitrogen functional groups attached to an aromatic ring is 1. The van der Waals surface area contributed by atoms with E-state index >= 15 is 0 Å². The van der Waals surface area contributed by atoms with Gasteiger partial charge in [-0.15, -0.1) is 0 Å². The number of hydrogen-bond acceptors (Lipinski definition) is 5. The normalized spacial score (nSPS) is 15.8. The number of amides is 2. The third kappa shape index (κ3) is 5.94. The van der Waals surface area contributed by atoms with Crippen LogP contribution in [0.15, 0.2) is 18.2 Å². The maximum Gasteiger partial charge on any atom is 0.251 e. The number of likely N-dealkylation sites (N-methyl/N-ethyl adjacent to an activating group) is 1. The molecule has 0 aromatic heterocycles. The van der Waals surface area contributed by atoms with Crippen molar-refractivity contribution in [2.24, 2.45) is 0 Å². The average Bonchev–Trinajstić information content (AvgIpc) is 2.76. The van der Waals surface area contributed by atoms with Crippen LogP contribution in [0.1, 0.15) is 30.6 Å². The standard InChI is InChI=1S/C18H29N5O2/c1-13(2)21-17(24)12-20-18(25)14-9-15(19)11-16(10-14)23-6-4-5-22(3)7-8-23/h9-11,13H,4-8,12,19H2,1-3H3,(H,20,25)(H,21,24). The fourth-order valence-corrected chi connectivity index (χ4v) is 2.89. The Balaban J connectivity index is 2.04. The Hall–Kier alpha value is -2.28. The zero-order valence-corrected chi connectivity index (χ0v) is 15.3. The van der Waals surface area contributed by atoms with Crippen molar-refractivity contribution in [1.29, 1.82) is 0 Å². The lowest BCUT2D eigenvalue weighted by Gasteiger charge is -2.23. The van der Waals surface area contributed by atoms with E-state index in [1.807, 2.05) is 26.0 Å². The molecule has 1 aromatic rings. The summed E-state index contributed by atoms with van der Waals surface area (Å²) < 4.78 is 0. The molecule has 1 aromatic carbocycles. The van der Waals surface area contributed by atoms with E-state index in [-0.39, 0.29) is 24.4 Å². The largest absolute Gasteiger partial charge is 0.399 e. The molecule has 7 nitrogen and oxygen atoms in total. The third-order valence-corrected chi connectivity index (χ3v) is 4.15. The molecule has 0 atom stereocenters. The minimum absolute atomic E-state index is 0.0459. The van der Waals surface area contributed by atoms with Gasteiger partial charge < -0.3 is 26.2 Å². The van der Waals surface area contributed by atoms with Gasteiger partial charge in [0.1, 0.15) is 0 Å². The first-order valence-electron chi connectivity index (χ1n) is 8.77. The maximum atomic E-state index is 12.4. The van der Waals surface area contributed by atoms with Crippen molar-refractivity contribution in [3.63, 3.8) is 0 Å². The molecule has 1 fully saturated rings. The molecular formula is C18H29N5O2. The Kier molecular flexibility index (Phi) is 6.64. The first-order valence-corrected chi connectivity index (χ1v) is 8.77. The Morgan fingerprint density at radius 1 is 1.16 bits per heavy atom. The van der Waals surface area contributed by atoms with Crippen molar-refractivity contribution in [3.8, 4) is 0 Å². The van der Waals surface area contributed by atoms with Crippen LogP contribution in [0.25, 0.3) is 0 Å². The van der Waals surface area contributed by atoms with Crippen LogP contribution in [0.3, 0.4) is 0 Å². The monoisotopic (exact) mass is 347 g/mol. The highest BCUT2D eigenvalue weighted by molar-refractivity contribution is 5.98. The predicted molar refractivity (Wildman–Crippen MR) is 101 cm³/mol. The molecule has 1 aliphatic rings. The third-order valence-electron chi connectivity index (χ3n) is 4.15. The summed E-state index contributed by atoms with van der Waals surface area (Å²) in [6.45, 7) is 7.59. The van der Waals surface area contributed by atoms with Crippen molar-refractivity contribution in [3.05, 3.63) is 23.8 Å². The lowest BCUT2D eigenvalue weighted by atomic mass is 10.1. The summed E-state index contributed by atoms with van der Waals surface area (Å²) >= 11 is 0.